The van der Waals surface area contributed by atoms with Gasteiger partial charge in [-0.1, -0.05) is 279 Å². The first-order chi connectivity index (χ1) is 52.4. The predicted octanol–water partition coefficient (Wildman–Crippen LogP) is 26.6. The van der Waals surface area contributed by atoms with Crippen molar-refractivity contribution in [2.24, 2.45) is 0 Å². The molecule has 4 heterocycles. The number of benzene rings is 18. The largest absolute Gasteiger partial charge is 0.456 e. The molecule has 0 unspecified atom stereocenters. The highest BCUT2D eigenvalue weighted by atomic mass is 32.1. The molecule has 22 aromatic rings. The minimum absolute atomic E-state index is 0.588. The first kappa shape index (κ1) is 59.7. The molecule has 0 atom stereocenters. The minimum atomic E-state index is 0.588. The van der Waals surface area contributed by atoms with Crippen molar-refractivity contribution in [2.45, 2.75) is 0 Å². The number of hydrogen-bond acceptors (Lipinski definition) is 8. The normalized spacial score (nSPS) is 12.0. The van der Waals surface area contributed by atoms with Crippen molar-refractivity contribution in [3.05, 3.63) is 340 Å². The van der Waals surface area contributed by atoms with Crippen LogP contribution in [0.25, 0.3) is 230 Å². The summed E-state index contributed by atoms with van der Waals surface area (Å²) in [7, 11) is 0. The van der Waals surface area contributed by atoms with Gasteiger partial charge in [-0.25, -0.2) is 29.9 Å². The van der Waals surface area contributed by atoms with E-state index in [4.69, 9.17) is 34.3 Å². The average molecular weight is 1370 g/mol. The third-order valence-electron chi connectivity index (χ3n) is 21.5. The van der Waals surface area contributed by atoms with E-state index in [0.29, 0.717) is 34.9 Å². The van der Waals surface area contributed by atoms with Crippen molar-refractivity contribution >= 4 is 140 Å². The molecule has 0 saturated heterocycles. The fourth-order valence-electron chi connectivity index (χ4n) is 16.2. The fraction of sp³-hybridized carbons (Fsp3) is 0. The van der Waals surface area contributed by atoms with E-state index in [1.54, 1.807) is 11.3 Å². The molecule has 0 radical (unpaired) electrons. The number of furan rings is 1. The molecule has 22 rings (SSSR count). The number of thiophene rings is 1. The molecule has 4 aromatic heterocycles. The third kappa shape index (κ3) is 9.95. The lowest BCUT2D eigenvalue weighted by atomic mass is 9.90. The van der Waals surface area contributed by atoms with E-state index in [0.717, 1.165) is 99.1 Å². The van der Waals surface area contributed by atoms with Crippen molar-refractivity contribution in [3.8, 4) is 102 Å². The summed E-state index contributed by atoms with van der Waals surface area (Å²) in [6, 6.07) is 122. The van der Waals surface area contributed by atoms with E-state index in [1.807, 2.05) is 30.3 Å². The van der Waals surface area contributed by atoms with Gasteiger partial charge in [0.05, 0.1) is 0 Å². The maximum Gasteiger partial charge on any atom is 0.164 e. The van der Waals surface area contributed by atoms with E-state index in [2.05, 4.69) is 309 Å². The SMILES string of the molecule is c1ccc2cc(-c3ccc(-c4nc(-c5ccc6c(ccc7c8cccc(-c9cccc%10cc(-c%11ccc(-c%12nc(-c%13ccc%14c(ccc%15c%16ccccc%16ccc%14%15)c%13)nc(-c%13ccc%14oc%15ccccc%15c%14c%13)n%12)cc%11)ccc9%10)c8ccc67)c5)nc(-c5ccc6c(c5)sc5ccccc56)n4)cc3)ccc2c1. The van der Waals surface area contributed by atoms with Crippen LogP contribution < -0.4 is 0 Å². The van der Waals surface area contributed by atoms with Crippen molar-refractivity contribution in [1.29, 1.82) is 0 Å². The molecule has 490 valence electrons. The molecule has 0 aliphatic heterocycles. The first-order valence-corrected chi connectivity index (χ1v) is 36.6. The van der Waals surface area contributed by atoms with Crippen LogP contribution in [0.5, 0.6) is 0 Å². The van der Waals surface area contributed by atoms with Gasteiger partial charge in [0.25, 0.3) is 0 Å². The molecule has 8 heteroatoms. The summed E-state index contributed by atoms with van der Waals surface area (Å²) < 4.78 is 8.72. The van der Waals surface area contributed by atoms with E-state index >= 15 is 0 Å². The van der Waals surface area contributed by atoms with Gasteiger partial charge in [-0.2, -0.15) is 0 Å². The molecule has 106 heavy (non-hydrogen) atoms. The number of hydrogen-bond donors (Lipinski definition) is 0. The van der Waals surface area contributed by atoms with E-state index in [9.17, 15) is 0 Å². The monoisotopic (exact) mass is 1360 g/mol. The van der Waals surface area contributed by atoms with E-state index < -0.39 is 0 Å². The lowest BCUT2D eigenvalue weighted by molar-refractivity contribution is 0.669. The highest BCUT2D eigenvalue weighted by Gasteiger charge is 2.21. The second kappa shape index (κ2) is 23.8. The number of rotatable bonds is 9. The van der Waals surface area contributed by atoms with E-state index in [1.165, 1.54) is 95.9 Å². The molecule has 0 spiro atoms. The van der Waals surface area contributed by atoms with Gasteiger partial charge in [0.15, 0.2) is 34.9 Å². The Kier molecular flexibility index (Phi) is 13.4. The van der Waals surface area contributed by atoms with Crippen LogP contribution in [0, 0.1) is 0 Å². The van der Waals surface area contributed by atoms with Crippen LogP contribution in [0.15, 0.2) is 344 Å². The zero-order valence-electron chi connectivity index (χ0n) is 56.8. The molecule has 0 N–H and O–H groups in total. The summed E-state index contributed by atoms with van der Waals surface area (Å²) in [6.45, 7) is 0. The average Bonchev–Trinajstić information content (AvgIpc) is 1.04. The Bertz CT molecular complexity index is 7470. The summed E-state index contributed by atoms with van der Waals surface area (Å²) >= 11 is 1.80. The lowest BCUT2D eigenvalue weighted by Crippen LogP contribution is -2.00. The van der Waals surface area contributed by atoms with Crippen LogP contribution in [0.4, 0.5) is 0 Å². The Morgan fingerprint density at radius 2 is 0.519 bits per heavy atom. The van der Waals surface area contributed by atoms with Gasteiger partial charge in [-0.05, 0) is 180 Å². The summed E-state index contributed by atoms with van der Waals surface area (Å²) in [6.07, 6.45) is 0. The molecular weight excluding hydrogens is 1310 g/mol. The molecule has 0 bridgehead atoms. The lowest BCUT2D eigenvalue weighted by Gasteiger charge is -2.14. The first-order valence-electron chi connectivity index (χ1n) is 35.8. The van der Waals surface area contributed by atoms with Gasteiger partial charge >= 0.3 is 0 Å². The molecule has 18 aromatic carbocycles. The number of fused-ring (bicyclic) bond motifs is 18. The third-order valence-corrected chi connectivity index (χ3v) is 22.7. The van der Waals surface area contributed by atoms with Crippen LogP contribution in [0.1, 0.15) is 0 Å². The van der Waals surface area contributed by atoms with Crippen LogP contribution >= 0.6 is 11.3 Å². The van der Waals surface area contributed by atoms with Gasteiger partial charge in [0.1, 0.15) is 11.2 Å². The van der Waals surface area contributed by atoms with Gasteiger partial charge in [0, 0.05) is 64.3 Å². The molecule has 0 saturated carbocycles. The van der Waals surface area contributed by atoms with Gasteiger partial charge in [0.2, 0.25) is 0 Å². The molecule has 0 fully saturated rings. The van der Waals surface area contributed by atoms with Gasteiger partial charge in [-0.3, -0.25) is 0 Å². The smallest absolute Gasteiger partial charge is 0.164 e. The molecule has 0 aliphatic rings. The van der Waals surface area contributed by atoms with Crippen LogP contribution in [0.3, 0.4) is 0 Å². The Morgan fingerprint density at radius 1 is 0.170 bits per heavy atom. The van der Waals surface area contributed by atoms with Crippen LogP contribution in [0.2, 0.25) is 0 Å². The number of aromatic nitrogens is 6. The zero-order valence-corrected chi connectivity index (χ0v) is 57.6. The minimum Gasteiger partial charge on any atom is -0.456 e. The Labute approximate surface area is 611 Å². The Hall–Kier alpha value is -13.9. The molecule has 0 aliphatic carbocycles. The van der Waals surface area contributed by atoms with Crippen LogP contribution in [-0.2, 0) is 0 Å². The molecule has 0 amide bonds. The number of nitrogens with zero attached hydrogens (tertiary/aromatic N) is 6. The summed E-state index contributed by atoms with van der Waals surface area (Å²) in [4.78, 5) is 31.5. The maximum atomic E-state index is 6.26. The highest BCUT2D eigenvalue weighted by Crippen LogP contribution is 2.43. The summed E-state index contributed by atoms with van der Waals surface area (Å²) in [5.74, 6) is 3.66. The topological polar surface area (TPSA) is 90.5 Å². The second-order valence-electron chi connectivity index (χ2n) is 27.6. The number of para-hydroxylation sites is 1. The molecule has 7 nitrogen and oxygen atoms in total. The van der Waals surface area contributed by atoms with Crippen LogP contribution in [-0.4, -0.2) is 29.9 Å². The quantitative estimate of drug-likeness (QED) is 0.133. The van der Waals surface area contributed by atoms with Gasteiger partial charge in [-0.15, -0.1) is 11.3 Å². The predicted molar refractivity (Wildman–Crippen MR) is 442 cm³/mol. The summed E-state index contributed by atoms with van der Waals surface area (Å²) in [5.41, 5.74) is 14.0. The zero-order chi connectivity index (χ0) is 69.5. The van der Waals surface area contributed by atoms with Crippen molar-refractivity contribution in [3.63, 3.8) is 0 Å². The molecular formula is C98H56N6OS. The second-order valence-corrected chi connectivity index (χ2v) is 28.7. The highest BCUT2D eigenvalue weighted by molar-refractivity contribution is 7.25. The van der Waals surface area contributed by atoms with Crippen molar-refractivity contribution in [2.75, 3.05) is 0 Å². The Morgan fingerprint density at radius 3 is 1.19 bits per heavy atom. The van der Waals surface area contributed by atoms with E-state index in [-0.39, 0.29) is 0 Å². The summed E-state index contributed by atoms with van der Waals surface area (Å²) in [5, 5.41) is 23.6. The van der Waals surface area contributed by atoms with Crippen molar-refractivity contribution in [1.82, 2.24) is 29.9 Å². The standard InChI is InChI=1S/C98H56N6OS/c1-2-13-63-51-64(32-27-57(63)11-1)58-23-28-62(29-24-58)94-100-96(104-98(102-94)72-39-47-87-86-17-6-8-22-91(86)106-92(87)56-72)70-38-43-76-68(54-70)36-46-83-79-20-10-19-78(84(79)49-48-82(76)83)77-18-9-14-66-52-65(34-41-74(66)77)59-25-30-61(31-26-59)93-99-95(103-97(101-93)71-40-50-90-88(55-71)85-16-5-7-21-89(85)105-90)69-37-42-75-67(53-69)35-45-80-73-15-4-3-12-60(73)33-44-81(75)80/h1-56H. The Balaban J connectivity index is 0.584. The maximum absolute atomic E-state index is 6.26. The van der Waals surface area contributed by atoms with Crippen molar-refractivity contribution < 1.29 is 4.42 Å². The fourth-order valence-corrected chi connectivity index (χ4v) is 17.3. The van der Waals surface area contributed by atoms with Gasteiger partial charge < -0.3 is 4.42 Å².